The van der Waals surface area contributed by atoms with Crippen molar-refractivity contribution in [2.24, 2.45) is 0 Å². The van der Waals surface area contributed by atoms with Gasteiger partial charge in [0.25, 0.3) is 0 Å². The zero-order valence-corrected chi connectivity index (χ0v) is 16.3. The highest BCUT2D eigenvalue weighted by atomic mass is 32.2. The molecule has 0 fully saturated rings. The van der Waals surface area contributed by atoms with E-state index in [2.05, 4.69) is 32.0 Å². The average molecular weight is 359 g/mol. The van der Waals surface area contributed by atoms with Gasteiger partial charge in [0.05, 0.1) is 20.0 Å². The van der Waals surface area contributed by atoms with Crippen LogP contribution in [0.25, 0.3) is 0 Å². The standard InChI is InChI=1S/C20H25NO3S/c1-14-6-9-18(10-15(14)2)25-13-20(22)21(3)12-16-7-8-17(23-4)11-19(16)24-5/h6-11H,12-13H2,1-5H3. The molecular formula is C20H25NO3S. The maximum Gasteiger partial charge on any atom is 0.232 e. The second-order valence-corrected chi connectivity index (χ2v) is 7.01. The fraction of sp³-hybridized carbons (Fsp3) is 0.350. The zero-order valence-electron chi connectivity index (χ0n) is 15.5. The Hall–Kier alpha value is -2.14. The van der Waals surface area contributed by atoms with E-state index in [1.807, 2.05) is 25.2 Å². The van der Waals surface area contributed by atoms with Crippen LogP contribution in [0.15, 0.2) is 41.3 Å². The summed E-state index contributed by atoms with van der Waals surface area (Å²) in [6, 6.07) is 11.9. The summed E-state index contributed by atoms with van der Waals surface area (Å²) in [5, 5.41) is 0. The minimum absolute atomic E-state index is 0.0844. The lowest BCUT2D eigenvalue weighted by Crippen LogP contribution is -2.28. The van der Waals surface area contributed by atoms with Crippen LogP contribution in [-0.4, -0.2) is 37.8 Å². The van der Waals surface area contributed by atoms with Gasteiger partial charge in [-0.2, -0.15) is 0 Å². The molecule has 2 aromatic rings. The van der Waals surface area contributed by atoms with E-state index >= 15 is 0 Å². The number of amides is 1. The predicted molar refractivity (Wildman–Crippen MR) is 103 cm³/mol. The average Bonchev–Trinajstić information content (AvgIpc) is 2.62. The van der Waals surface area contributed by atoms with Gasteiger partial charge in [0, 0.05) is 30.1 Å². The maximum atomic E-state index is 12.4. The molecule has 0 heterocycles. The van der Waals surface area contributed by atoms with Crippen LogP contribution in [0.5, 0.6) is 11.5 Å². The lowest BCUT2D eigenvalue weighted by Gasteiger charge is -2.19. The molecule has 0 aliphatic carbocycles. The molecule has 0 saturated heterocycles. The minimum Gasteiger partial charge on any atom is -0.497 e. The van der Waals surface area contributed by atoms with E-state index in [-0.39, 0.29) is 5.91 Å². The number of nitrogens with zero attached hydrogens (tertiary/aromatic N) is 1. The number of hydrogen-bond acceptors (Lipinski definition) is 4. The molecule has 4 nitrogen and oxygen atoms in total. The summed E-state index contributed by atoms with van der Waals surface area (Å²) in [6.45, 7) is 4.67. The molecule has 25 heavy (non-hydrogen) atoms. The molecule has 134 valence electrons. The Morgan fingerprint density at radius 1 is 1.04 bits per heavy atom. The molecule has 0 bridgehead atoms. The third-order valence-corrected chi connectivity index (χ3v) is 5.15. The zero-order chi connectivity index (χ0) is 18.4. The molecule has 0 spiro atoms. The topological polar surface area (TPSA) is 38.8 Å². The number of hydrogen-bond donors (Lipinski definition) is 0. The summed E-state index contributed by atoms with van der Waals surface area (Å²) in [4.78, 5) is 15.3. The predicted octanol–water partition coefficient (Wildman–Crippen LogP) is 4.07. The number of methoxy groups -OCH3 is 2. The monoisotopic (exact) mass is 359 g/mol. The number of thioether (sulfide) groups is 1. The van der Waals surface area contributed by atoms with Crippen molar-refractivity contribution >= 4 is 17.7 Å². The van der Waals surface area contributed by atoms with Crippen LogP contribution in [0.2, 0.25) is 0 Å². The fourth-order valence-electron chi connectivity index (χ4n) is 2.39. The Morgan fingerprint density at radius 3 is 2.44 bits per heavy atom. The fourth-order valence-corrected chi connectivity index (χ4v) is 3.32. The van der Waals surface area contributed by atoms with Crippen LogP contribution >= 0.6 is 11.8 Å². The largest absolute Gasteiger partial charge is 0.497 e. The van der Waals surface area contributed by atoms with Crippen molar-refractivity contribution in [1.82, 2.24) is 4.90 Å². The number of carbonyl (C=O) groups excluding carboxylic acids is 1. The van der Waals surface area contributed by atoms with E-state index < -0.39 is 0 Å². The van der Waals surface area contributed by atoms with Crippen LogP contribution < -0.4 is 9.47 Å². The molecule has 2 aromatic carbocycles. The molecule has 1 amide bonds. The maximum absolute atomic E-state index is 12.4. The van der Waals surface area contributed by atoms with Crippen molar-refractivity contribution in [3.8, 4) is 11.5 Å². The van der Waals surface area contributed by atoms with E-state index in [0.29, 0.717) is 12.3 Å². The van der Waals surface area contributed by atoms with Crippen LogP contribution in [0.3, 0.4) is 0 Å². The van der Waals surface area contributed by atoms with Crippen LogP contribution in [0.1, 0.15) is 16.7 Å². The Labute approximate surface area is 154 Å². The van der Waals surface area contributed by atoms with Gasteiger partial charge in [-0.15, -0.1) is 11.8 Å². The molecule has 0 radical (unpaired) electrons. The second-order valence-electron chi connectivity index (χ2n) is 5.96. The van der Waals surface area contributed by atoms with Gasteiger partial charge in [-0.25, -0.2) is 0 Å². The summed E-state index contributed by atoms with van der Waals surface area (Å²) >= 11 is 1.56. The molecule has 5 heteroatoms. The Morgan fingerprint density at radius 2 is 1.80 bits per heavy atom. The highest BCUT2D eigenvalue weighted by molar-refractivity contribution is 8.00. The number of carbonyl (C=O) groups is 1. The van der Waals surface area contributed by atoms with Crippen LogP contribution in [0.4, 0.5) is 0 Å². The van der Waals surface area contributed by atoms with Crippen molar-refractivity contribution in [3.05, 3.63) is 53.1 Å². The molecule has 0 N–H and O–H groups in total. The molecular weight excluding hydrogens is 334 g/mol. The lowest BCUT2D eigenvalue weighted by molar-refractivity contribution is -0.127. The first-order chi connectivity index (χ1) is 11.9. The number of benzene rings is 2. The first-order valence-corrected chi connectivity index (χ1v) is 9.08. The van der Waals surface area contributed by atoms with Gasteiger partial charge in [0.2, 0.25) is 5.91 Å². The minimum atomic E-state index is 0.0844. The molecule has 0 saturated carbocycles. The first-order valence-electron chi connectivity index (χ1n) is 8.09. The molecule has 0 aliphatic heterocycles. The quantitative estimate of drug-likeness (QED) is 0.699. The van der Waals surface area contributed by atoms with E-state index in [4.69, 9.17) is 9.47 Å². The van der Waals surface area contributed by atoms with E-state index in [9.17, 15) is 4.79 Å². The van der Waals surface area contributed by atoms with E-state index in [0.717, 1.165) is 22.0 Å². The molecule has 2 rings (SSSR count). The first kappa shape index (κ1) is 19.2. The van der Waals surface area contributed by atoms with Crippen molar-refractivity contribution in [3.63, 3.8) is 0 Å². The van der Waals surface area contributed by atoms with Gasteiger partial charge in [-0.1, -0.05) is 6.07 Å². The van der Waals surface area contributed by atoms with Gasteiger partial charge >= 0.3 is 0 Å². The lowest BCUT2D eigenvalue weighted by atomic mass is 10.1. The SMILES string of the molecule is COc1ccc(CN(C)C(=O)CSc2ccc(C)c(C)c2)c(OC)c1. The Balaban J connectivity index is 1.97. The Kier molecular flexibility index (Phi) is 6.76. The van der Waals surface area contributed by atoms with Crippen LogP contribution in [0, 0.1) is 13.8 Å². The van der Waals surface area contributed by atoms with Gasteiger partial charge in [0.1, 0.15) is 11.5 Å². The van der Waals surface area contributed by atoms with E-state index in [1.165, 1.54) is 11.1 Å². The highest BCUT2D eigenvalue weighted by Gasteiger charge is 2.13. The summed E-state index contributed by atoms with van der Waals surface area (Å²) in [6.07, 6.45) is 0. The van der Waals surface area contributed by atoms with Gasteiger partial charge in [-0.05, 0) is 49.2 Å². The smallest absolute Gasteiger partial charge is 0.232 e. The number of aryl methyl sites for hydroxylation is 2. The third kappa shape index (κ3) is 5.16. The van der Waals surface area contributed by atoms with Crippen molar-refractivity contribution in [2.75, 3.05) is 27.0 Å². The van der Waals surface area contributed by atoms with E-state index in [1.54, 1.807) is 30.9 Å². The molecule has 0 atom stereocenters. The highest BCUT2D eigenvalue weighted by Crippen LogP contribution is 2.26. The van der Waals surface area contributed by atoms with Gasteiger partial charge in [-0.3, -0.25) is 4.79 Å². The summed E-state index contributed by atoms with van der Waals surface area (Å²) in [5.74, 6) is 1.96. The van der Waals surface area contributed by atoms with Crippen molar-refractivity contribution in [2.45, 2.75) is 25.3 Å². The van der Waals surface area contributed by atoms with Gasteiger partial charge in [0.15, 0.2) is 0 Å². The Bertz CT molecular complexity index is 746. The third-order valence-electron chi connectivity index (χ3n) is 4.17. The molecule has 0 unspecified atom stereocenters. The molecule has 0 aliphatic rings. The number of rotatable bonds is 7. The van der Waals surface area contributed by atoms with Gasteiger partial charge < -0.3 is 14.4 Å². The molecule has 0 aromatic heterocycles. The summed E-state index contributed by atoms with van der Waals surface area (Å²) < 4.78 is 10.6. The van der Waals surface area contributed by atoms with Crippen molar-refractivity contribution in [1.29, 1.82) is 0 Å². The van der Waals surface area contributed by atoms with Crippen molar-refractivity contribution < 1.29 is 14.3 Å². The summed E-state index contributed by atoms with van der Waals surface area (Å²) in [5.41, 5.74) is 3.46. The number of ether oxygens (including phenoxy) is 2. The second kappa shape index (κ2) is 8.81. The normalized spacial score (nSPS) is 10.4. The van der Waals surface area contributed by atoms with Crippen LogP contribution in [-0.2, 0) is 11.3 Å². The summed E-state index contributed by atoms with van der Waals surface area (Å²) in [7, 11) is 5.05.